The molecule has 0 atom stereocenters. The van der Waals surface area contributed by atoms with Crippen molar-refractivity contribution in [3.05, 3.63) is 52.6 Å². The smallest absolute Gasteiger partial charge is 0.234 e. The van der Waals surface area contributed by atoms with Crippen LogP contribution in [0.4, 0.5) is 5.69 Å². The van der Waals surface area contributed by atoms with Crippen molar-refractivity contribution in [3.63, 3.8) is 0 Å². The van der Waals surface area contributed by atoms with E-state index in [1.165, 1.54) is 23.1 Å². The Labute approximate surface area is 163 Å². The maximum atomic E-state index is 12.2. The summed E-state index contributed by atoms with van der Waals surface area (Å²) in [5.41, 5.74) is 2.79. The molecule has 0 fully saturated rings. The standard InChI is InChI=1S/C18H15ClN4OS2/c1-2-16-21-22-18(13-8-14-12(23(13)16)9-15(19)26-14)25-10-17(24)20-11-6-4-3-5-7-11/h3-9H,2,10H2,1H3,(H,20,24). The van der Waals surface area contributed by atoms with Gasteiger partial charge in [-0.2, -0.15) is 0 Å². The Balaban J connectivity index is 1.60. The second-order valence-corrected chi connectivity index (χ2v) is 8.32. The average Bonchev–Trinajstić information content (AvgIpc) is 3.17. The molecule has 4 aromatic rings. The number of hydrogen-bond acceptors (Lipinski definition) is 5. The molecule has 0 unspecified atom stereocenters. The van der Waals surface area contributed by atoms with Crippen LogP contribution in [0.1, 0.15) is 12.7 Å². The normalized spacial score (nSPS) is 11.3. The first-order valence-corrected chi connectivity index (χ1v) is 10.3. The lowest BCUT2D eigenvalue weighted by atomic mass is 10.3. The molecule has 0 saturated heterocycles. The highest BCUT2D eigenvalue weighted by atomic mass is 35.5. The van der Waals surface area contributed by atoms with Gasteiger partial charge in [-0.1, -0.05) is 48.5 Å². The number of thiophene rings is 1. The minimum absolute atomic E-state index is 0.0721. The third-order valence-corrected chi connectivity index (χ3v) is 6.08. The van der Waals surface area contributed by atoms with Crippen molar-refractivity contribution >= 4 is 62.0 Å². The van der Waals surface area contributed by atoms with Gasteiger partial charge in [-0.05, 0) is 24.3 Å². The van der Waals surface area contributed by atoms with Gasteiger partial charge in [-0.25, -0.2) is 0 Å². The number of halogens is 1. The van der Waals surface area contributed by atoms with E-state index in [-0.39, 0.29) is 11.7 Å². The molecule has 26 heavy (non-hydrogen) atoms. The van der Waals surface area contributed by atoms with Gasteiger partial charge in [0.05, 0.1) is 25.8 Å². The largest absolute Gasteiger partial charge is 0.325 e. The van der Waals surface area contributed by atoms with E-state index in [0.717, 1.165) is 43.0 Å². The van der Waals surface area contributed by atoms with Crippen molar-refractivity contribution in [2.24, 2.45) is 0 Å². The maximum absolute atomic E-state index is 12.2. The molecule has 0 saturated carbocycles. The number of thioether (sulfide) groups is 1. The van der Waals surface area contributed by atoms with Crippen LogP contribution in [-0.4, -0.2) is 26.3 Å². The summed E-state index contributed by atoms with van der Waals surface area (Å²) in [5.74, 6) is 1.07. The van der Waals surface area contributed by atoms with Gasteiger partial charge in [-0.15, -0.1) is 21.5 Å². The van der Waals surface area contributed by atoms with E-state index in [1.807, 2.05) is 43.3 Å². The van der Waals surface area contributed by atoms with Gasteiger partial charge in [0.1, 0.15) is 10.9 Å². The molecular weight excluding hydrogens is 388 g/mol. The molecule has 0 bridgehead atoms. The van der Waals surface area contributed by atoms with E-state index >= 15 is 0 Å². The molecule has 3 heterocycles. The molecule has 1 N–H and O–H groups in total. The topological polar surface area (TPSA) is 59.3 Å². The predicted octanol–water partition coefficient (Wildman–Crippen LogP) is 4.89. The number of aromatic nitrogens is 3. The first kappa shape index (κ1) is 17.3. The Morgan fingerprint density at radius 1 is 1.23 bits per heavy atom. The third-order valence-electron chi connectivity index (χ3n) is 3.91. The highest BCUT2D eigenvalue weighted by Crippen LogP contribution is 2.35. The van der Waals surface area contributed by atoms with Crippen LogP contribution in [-0.2, 0) is 11.2 Å². The zero-order chi connectivity index (χ0) is 18.1. The number of fused-ring (bicyclic) bond motifs is 3. The molecule has 0 aliphatic rings. The summed E-state index contributed by atoms with van der Waals surface area (Å²) in [7, 11) is 0. The average molecular weight is 403 g/mol. The molecule has 132 valence electrons. The van der Waals surface area contributed by atoms with Gasteiger partial charge in [0.15, 0.2) is 0 Å². The van der Waals surface area contributed by atoms with Gasteiger partial charge < -0.3 is 5.32 Å². The van der Waals surface area contributed by atoms with Crippen LogP contribution in [0.25, 0.3) is 15.7 Å². The lowest BCUT2D eigenvalue weighted by molar-refractivity contribution is -0.113. The Bertz CT molecular complexity index is 1090. The summed E-state index contributed by atoms with van der Waals surface area (Å²) in [6.45, 7) is 2.05. The fraction of sp³-hybridized carbons (Fsp3) is 0.167. The molecule has 4 rings (SSSR count). The SMILES string of the molecule is CCc1nnc(SCC(=O)Nc2ccccc2)c2cc3sc(Cl)cc3n12. The fourth-order valence-electron chi connectivity index (χ4n) is 2.78. The molecular formula is C18H15ClN4OS2. The number of nitrogens with one attached hydrogen (secondary N) is 1. The second-order valence-electron chi connectivity index (χ2n) is 5.64. The number of nitrogens with zero attached hydrogens (tertiary/aromatic N) is 3. The van der Waals surface area contributed by atoms with Crippen molar-refractivity contribution in [2.45, 2.75) is 18.4 Å². The van der Waals surface area contributed by atoms with Crippen LogP contribution in [0.15, 0.2) is 47.5 Å². The number of rotatable bonds is 5. The Kier molecular flexibility index (Phi) is 4.84. The quantitative estimate of drug-likeness (QED) is 0.483. The lowest BCUT2D eigenvalue weighted by Crippen LogP contribution is -2.14. The van der Waals surface area contributed by atoms with Crippen LogP contribution in [0, 0.1) is 0 Å². The first-order valence-electron chi connectivity index (χ1n) is 8.09. The molecule has 0 aliphatic carbocycles. The molecule has 0 aliphatic heterocycles. The highest BCUT2D eigenvalue weighted by Gasteiger charge is 2.16. The predicted molar refractivity (Wildman–Crippen MR) is 109 cm³/mol. The van der Waals surface area contributed by atoms with Gasteiger partial charge in [-0.3, -0.25) is 9.20 Å². The highest BCUT2D eigenvalue weighted by molar-refractivity contribution is 8.00. The zero-order valence-electron chi connectivity index (χ0n) is 13.9. The molecule has 5 nitrogen and oxygen atoms in total. The Hall–Kier alpha value is -2.09. The van der Waals surface area contributed by atoms with Crippen LogP contribution >= 0.6 is 34.7 Å². The number of amides is 1. The van der Waals surface area contributed by atoms with E-state index in [9.17, 15) is 4.79 Å². The summed E-state index contributed by atoms with van der Waals surface area (Å²) in [6, 6.07) is 13.4. The second kappa shape index (κ2) is 7.26. The zero-order valence-corrected chi connectivity index (χ0v) is 16.3. The van der Waals surface area contributed by atoms with Gasteiger partial charge in [0.2, 0.25) is 5.91 Å². The fourth-order valence-corrected chi connectivity index (χ4v) is 4.68. The number of benzene rings is 1. The van der Waals surface area contributed by atoms with Gasteiger partial charge >= 0.3 is 0 Å². The molecule has 0 radical (unpaired) electrons. The van der Waals surface area contributed by atoms with Crippen LogP contribution in [0.2, 0.25) is 4.34 Å². The molecule has 0 spiro atoms. The van der Waals surface area contributed by atoms with Crippen molar-refractivity contribution < 1.29 is 4.79 Å². The molecule has 1 aromatic carbocycles. The molecule has 3 aromatic heterocycles. The summed E-state index contributed by atoms with van der Waals surface area (Å²) < 4.78 is 3.93. The van der Waals surface area contributed by atoms with E-state index in [2.05, 4.69) is 26.0 Å². The summed E-state index contributed by atoms with van der Waals surface area (Å²) in [6.07, 6.45) is 0.764. The Morgan fingerprint density at radius 3 is 2.81 bits per heavy atom. The monoisotopic (exact) mass is 402 g/mol. The number of carbonyl (C=O) groups excluding carboxylic acids is 1. The van der Waals surface area contributed by atoms with E-state index in [4.69, 9.17) is 11.6 Å². The van der Waals surface area contributed by atoms with Crippen LogP contribution < -0.4 is 5.32 Å². The minimum Gasteiger partial charge on any atom is -0.325 e. The van der Waals surface area contributed by atoms with E-state index in [1.54, 1.807) is 0 Å². The molecule has 8 heteroatoms. The number of para-hydroxylation sites is 1. The lowest BCUT2D eigenvalue weighted by Gasteiger charge is -2.08. The van der Waals surface area contributed by atoms with E-state index in [0.29, 0.717) is 0 Å². The Morgan fingerprint density at radius 2 is 2.04 bits per heavy atom. The van der Waals surface area contributed by atoms with E-state index < -0.39 is 0 Å². The minimum atomic E-state index is -0.0721. The summed E-state index contributed by atoms with van der Waals surface area (Å²) >= 11 is 9.07. The first-order chi connectivity index (χ1) is 12.7. The van der Waals surface area contributed by atoms with Gasteiger partial charge in [0, 0.05) is 12.1 Å². The summed E-state index contributed by atoms with van der Waals surface area (Å²) in [5, 5.41) is 12.3. The summed E-state index contributed by atoms with van der Waals surface area (Å²) in [4.78, 5) is 12.2. The van der Waals surface area contributed by atoms with Crippen molar-refractivity contribution in [3.8, 4) is 0 Å². The van der Waals surface area contributed by atoms with Crippen molar-refractivity contribution in [2.75, 3.05) is 11.1 Å². The number of anilines is 1. The van der Waals surface area contributed by atoms with Gasteiger partial charge in [0.25, 0.3) is 0 Å². The van der Waals surface area contributed by atoms with Crippen molar-refractivity contribution in [1.29, 1.82) is 0 Å². The van der Waals surface area contributed by atoms with Crippen LogP contribution in [0.3, 0.4) is 0 Å². The third kappa shape index (κ3) is 3.30. The van der Waals surface area contributed by atoms with Crippen LogP contribution in [0.5, 0.6) is 0 Å². The maximum Gasteiger partial charge on any atom is 0.234 e. The number of hydrogen-bond donors (Lipinski definition) is 1. The molecule has 1 amide bonds. The number of carbonyl (C=O) groups is 1. The van der Waals surface area contributed by atoms with Crippen molar-refractivity contribution in [1.82, 2.24) is 14.6 Å². The number of aryl methyl sites for hydroxylation is 1.